The highest BCUT2D eigenvalue weighted by Gasteiger charge is 2.40. The standard InChI is InChI=1S/C17H32O8Si/c1-11(18)22-10-15(24-12(2)19)16(25-13(3)20)14(21)9-23-26(7,8)17(4,5)6/h14-16,21H,9-10H2,1-8H3/t14-,15-,16+/m1/s1. The van der Waals surface area contributed by atoms with Gasteiger partial charge in [0.25, 0.3) is 0 Å². The second kappa shape index (κ2) is 10.0. The van der Waals surface area contributed by atoms with Crippen LogP contribution in [0.1, 0.15) is 41.5 Å². The predicted octanol–water partition coefficient (Wildman–Crippen LogP) is 1.80. The molecule has 0 aliphatic heterocycles. The van der Waals surface area contributed by atoms with Gasteiger partial charge in [-0.1, -0.05) is 20.8 Å². The summed E-state index contributed by atoms with van der Waals surface area (Å²) in [4.78, 5) is 33.8. The van der Waals surface area contributed by atoms with E-state index in [4.69, 9.17) is 18.6 Å². The van der Waals surface area contributed by atoms with E-state index in [-0.39, 0.29) is 18.3 Å². The molecule has 0 heterocycles. The SMILES string of the molecule is CC(=O)OC[C@@H](OC(C)=O)[C@@H](OC(C)=O)[C@H](O)CO[Si](C)(C)C(C)(C)C. The molecule has 0 aromatic heterocycles. The number of carbonyl (C=O) groups excluding carboxylic acids is 3. The lowest BCUT2D eigenvalue weighted by Crippen LogP contribution is -2.50. The van der Waals surface area contributed by atoms with E-state index in [0.29, 0.717) is 0 Å². The highest BCUT2D eigenvalue weighted by atomic mass is 28.4. The molecule has 0 rings (SSSR count). The van der Waals surface area contributed by atoms with E-state index >= 15 is 0 Å². The minimum atomic E-state index is -2.15. The van der Waals surface area contributed by atoms with Gasteiger partial charge in [0.05, 0.1) is 6.61 Å². The smallest absolute Gasteiger partial charge is 0.303 e. The molecule has 0 radical (unpaired) electrons. The topological polar surface area (TPSA) is 108 Å². The minimum Gasteiger partial charge on any atom is -0.462 e. The van der Waals surface area contributed by atoms with Crippen LogP contribution in [0.15, 0.2) is 0 Å². The first-order valence-corrected chi connectivity index (χ1v) is 11.4. The summed E-state index contributed by atoms with van der Waals surface area (Å²) in [6.45, 7) is 13.3. The van der Waals surface area contributed by atoms with Crippen LogP contribution in [0.2, 0.25) is 18.1 Å². The molecule has 0 bridgehead atoms. The normalized spacial score (nSPS) is 15.6. The zero-order valence-electron chi connectivity index (χ0n) is 17.0. The third kappa shape index (κ3) is 8.77. The lowest BCUT2D eigenvalue weighted by atomic mass is 10.1. The molecule has 1 N–H and O–H groups in total. The first-order valence-electron chi connectivity index (χ1n) is 8.47. The lowest BCUT2D eigenvalue weighted by Gasteiger charge is -2.38. The van der Waals surface area contributed by atoms with Crippen LogP contribution in [0.5, 0.6) is 0 Å². The number of rotatable bonds is 9. The summed E-state index contributed by atoms with van der Waals surface area (Å²) in [6, 6.07) is 0. The molecule has 0 aliphatic carbocycles. The van der Waals surface area contributed by atoms with E-state index in [1.54, 1.807) is 0 Å². The summed E-state index contributed by atoms with van der Waals surface area (Å²) in [6.07, 6.45) is -3.62. The Hall–Kier alpha value is -1.45. The molecule has 9 heteroatoms. The summed E-state index contributed by atoms with van der Waals surface area (Å²) in [7, 11) is -2.15. The summed E-state index contributed by atoms with van der Waals surface area (Å²) in [5.74, 6) is -1.91. The number of esters is 3. The molecule has 0 aromatic rings. The van der Waals surface area contributed by atoms with Crippen LogP contribution in [0.25, 0.3) is 0 Å². The van der Waals surface area contributed by atoms with Crippen LogP contribution in [-0.2, 0) is 33.0 Å². The Labute approximate surface area is 156 Å². The lowest BCUT2D eigenvalue weighted by molar-refractivity contribution is -0.184. The van der Waals surface area contributed by atoms with Crippen LogP contribution in [0.3, 0.4) is 0 Å². The monoisotopic (exact) mass is 392 g/mol. The van der Waals surface area contributed by atoms with Crippen molar-refractivity contribution in [2.45, 2.75) is 78.0 Å². The molecule has 3 atom stereocenters. The second-order valence-corrected chi connectivity index (χ2v) is 12.5. The number of aliphatic hydroxyl groups is 1. The van der Waals surface area contributed by atoms with Crippen molar-refractivity contribution in [1.29, 1.82) is 0 Å². The quantitative estimate of drug-likeness (QED) is 0.359. The zero-order valence-corrected chi connectivity index (χ0v) is 18.0. The van der Waals surface area contributed by atoms with Crippen molar-refractivity contribution in [3.63, 3.8) is 0 Å². The van der Waals surface area contributed by atoms with E-state index in [1.807, 2.05) is 13.1 Å². The van der Waals surface area contributed by atoms with Crippen molar-refractivity contribution < 1.29 is 38.1 Å². The Kier molecular flexibility index (Phi) is 9.47. The predicted molar refractivity (Wildman–Crippen MR) is 96.9 cm³/mol. The van der Waals surface area contributed by atoms with Gasteiger partial charge < -0.3 is 23.7 Å². The summed E-state index contributed by atoms with van der Waals surface area (Å²) >= 11 is 0. The Morgan fingerprint density at radius 3 is 1.81 bits per heavy atom. The molecule has 0 saturated heterocycles. The fraction of sp³-hybridized carbons (Fsp3) is 0.824. The third-order valence-electron chi connectivity index (χ3n) is 4.24. The average molecular weight is 393 g/mol. The number of hydrogen-bond acceptors (Lipinski definition) is 8. The van der Waals surface area contributed by atoms with E-state index in [1.165, 1.54) is 20.8 Å². The van der Waals surface area contributed by atoms with E-state index in [0.717, 1.165) is 0 Å². The zero-order chi connectivity index (χ0) is 20.7. The van der Waals surface area contributed by atoms with Gasteiger partial charge in [0.1, 0.15) is 12.7 Å². The largest absolute Gasteiger partial charge is 0.462 e. The van der Waals surface area contributed by atoms with Crippen molar-refractivity contribution in [2.75, 3.05) is 13.2 Å². The fourth-order valence-corrected chi connectivity index (χ4v) is 2.83. The number of ether oxygens (including phenoxy) is 3. The van der Waals surface area contributed by atoms with Crippen LogP contribution >= 0.6 is 0 Å². The third-order valence-corrected chi connectivity index (χ3v) is 8.74. The van der Waals surface area contributed by atoms with Gasteiger partial charge >= 0.3 is 17.9 Å². The molecule has 0 spiro atoms. The molecular weight excluding hydrogens is 360 g/mol. The maximum atomic E-state index is 11.4. The summed E-state index contributed by atoms with van der Waals surface area (Å²) in [5, 5.41) is 10.5. The maximum absolute atomic E-state index is 11.4. The molecule has 152 valence electrons. The molecule has 0 fully saturated rings. The first kappa shape index (κ1) is 24.5. The van der Waals surface area contributed by atoms with Crippen molar-refractivity contribution >= 4 is 26.2 Å². The molecule has 26 heavy (non-hydrogen) atoms. The molecule has 8 nitrogen and oxygen atoms in total. The van der Waals surface area contributed by atoms with Crippen molar-refractivity contribution in [3.8, 4) is 0 Å². The Bertz CT molecular complexity index is 497. The van der Waals surface area contributed by atoms with Crippen molar-refractivity contribution in [1.82, 2.24) is 0 Å². The first-order chi connectivity index (χ1) is 11.7. The number of aliphatic hydroxyl groups excluding tert-OH is 1. The van der Waals surface area contributed by atoms with Crippen molar-refractivity contribution in [2.24, 2.45) is 0 Å². The molecule has 0 saturated carbocycles. The highest BCUT2D eigenvalue weighted by molar-refractivity contribution is 6.74. The molecule has 0 aromatic carbocycles. The summed E-state index contributed by atoms with van der Waals surface area (Å²) < 4.78 is 21.0. The van der Waals surface area contributed by atoms with E-state index in [9.17, 15) is 19.5 Å². The average Bonchev–Trinajstić information content (AvgIpc) is 2.45. The fourth-order valence-electron chi connectivity index (χ4n) is 1.81. The van der Waals surface area contributed by atoms with Gasteiger partial charge in [-0.15, -0.1) is 0 Å². The van der Waals surface area contributed by atoms with Crippen LogP contribution in [0, 0.1) is 0 Å². The van der Waals surface area contributed by atoms with Gasteiger partial charge in [0.15, 0.2) is 20.5 Å². The van der Waals surface area contributed by atoms with Gasteiger partial charge in [0, 0.05) is 20.8 Å². The molecular formula is C17H32O8Si. The van der Waals surface area contributed by atoms with Gasteiger partial charge in [0.2, 0.25) is 0 Å². The minimum absolute atomic E-state index is 0.0727. The number of carbonyl (C=O) groups is 3. The summed E-state index contributed by atoms with van der Waals surface area (Å²) in [5.41, 5.74) is 0. The maximum Gasteiger partial charge on any atom is 0.303 e. The van der Waals surface area contributed by atoms with Gasteiger partial charge in [-0.25, -0.2) is 0 Å². The Morgan fingerprint density at radius 2 is 1.42 bits per heavy atom. The van der Waals surface area contributed by atoms with E-state index < -0.39 is 44.5 Å². The molecule has 0 aliphatic rings. The van der Waals surface area contributed by atoms with Crippen molar-refractivity contribution in [3.05, 3.63) is 0 Å². The van der Waals surface area contributed by atoms with Crippen LogP contribution in [-0.4, -0.2) is 62.9 Å². The van der Waals surface area contributed by atoms with Gasteiger partial charge in [-0.3, -0.25) is 14.4 Å². The highest BCUT2D eigenvalue weighted by Crippen LogP contribution is 2.36. The molecule has 0 amide bonds. The second-order valence-electron chi connectivity index (χ2n) is 7.66. The number of hydrogen-bond donors (Lipinski definition) is 1. The van der Waals surface area contributed by atoms with E-state index in [2.05, 4.69) is 20.8 Å². The van der Waals surface area contributed by atoms with Gasteiger partial charge in [-0.05, 0) is 18.1 Å². The van der Waals surface area contributed by atoms with Crippen LogP contribution in [0.4, 0.5) is 0 Å². The van der Waals surface area contributed by atoms with Crippen LogP contribution < -0.4 is 0 Å². The Balaban J connectivity index is 5.29. The Morgan fingerprint density at radius 1 is 0.923 bits per heavy atom. The van der Waals surface area contributed by atoms with Gasteiger partial charge in [-0.2, -0.15) is 0 Å². The molecule has 0 unspecified atom stereocenters.